The smallest absolute Gasteiger partial charge is 0.408 e. The van der Waals surface area contributed by atoms with Crippen LogP contribution in [0.4, 0.5) is 4.79 Å². The molecule has 0 fully saturated rings. The highest BCUT2D eigenvalue weighted by Gasteiger charge is 2.16. The highest BCUT2D eigenvalue weighted by Crippen LogP contribution is 2.19. The standard InChI is InChI=1S/C11H15ClN2O2/c1-7-5-9(12)13-6-8(7)16-10(15)14-11(2,3)4/h5-6H,1-4H3,(H,14,15). The maximum Gasteiger partial charge on any atom is 0.413 e. The number of halogens is 1. The number of hydrogen-bond acceptors (Lipinski definition) is 3. The normalized spacial score (nSPS) is 11.1. The Balaban J connectivity index is 2.70. The summed E-state index contributed by atoms with van der Waals surface area (Å²) in [6.45, 7) is 7.43. The van der Waals surface area contributed by atoms with Crippen molar-refractivity contribution in [2.75, 3.05) is 0 Å². The Labute approximate surface area is 100.0 Å². The lowest BCUT2D eigenvalue weighted by Crippen LogP contribution is -2.42. The average molecular weight is 243 g/mol. The van der Waals surface area contributed by atoms with E-state index in [2.05, 4.69) is 10.3 Å². The van der Waals surface area contributed by atoms with E-state index < -0.39 is 6.09 Å². The van der Waals surface area contributed by atoms with E-state index in [-0.39, 0.29) is 5.54 Å². The van der Waals surface area contributed by atoms with Crippen LogP contribution >= 0.6 is 11.6 Å². The van der Waals surface area contributed by atoms with Gasteiger partial charge in [0.25, 0.3) is 0 Å². The van der Waals surface area contributed by atoms with Crippen LogP contribution in [0.5, 0.6) is 5.75 Å². The first-order chi connectivity index (χ1) is 7.28. The van der Waals surface area contributed by atoms with Crippen LogP contribution in [-0.4, -0.2) is 16.6 Å². The Morgan fingerprint density at radius 3 is 2.62 bits per heavy atom. The minimum atomic E-state index is -0.500. The number of nitrogens with one attached hydrogen (secondary N) is 1. The van der Waals surface area contributed by atoms with E-state index in [1.165, 1.54) is 6.20 Å². The van der Waals surface area contributed by atoms with Crippen LogP contribution in [0.2, 0.25) is 5.15 Å². The number of rotatable bonds is 1. The van der Waals surface area contributed by atoms with Crippen molar-refractivity contribution >= 4 is 17.7 Å². The third-order valence-electron chi connectivity index (χ3n) is 1.71. The molecule has 1 N–H and O–H groups in total. The van der Waals surface area contributed by atoms with Crippen LogP contribution in [0, 0.1) is 6.92 Å². The molecule has 0 aromatic carbocycles. The Hall–Kier alpha value is -1.29. The van der Waals surface area contributed by atoms with Gasteiger partial charge in [0.1, 0.15) is 5.15 Å². The Kier molecular flexibility index (Phi) is 3.75. The Morgan fingerprint density at radius 2 is 2.12 bits per heavy atom. The zero-order valence-corrected chi connectivity index (χ0v) is 10.6. The third-order valence-corrected chi connectivity index (χ3v) is 1.92. The molecule has 16 heavy (non-hydrogen) atoms. The van der Waals surface area contributed by atoms with Crippen LogP contribution in [0.25, 0.3) is 0 Å². The van der Waals surface area contributed by atoms with E-state index in [4.69, 9.17) is 16.3 Å². The monoisotopic (exact) mass is 242 g/mol. The molecule has 0 saturated carbocycles. The number of carbonyl (C=O) groups excluding carboxylic acids is 1. The second-order valence-electron chi connectivity index (χ2n) is 4.54. The molecule has 0 saturated heterocycles. The molecule has 4 nitrogen and oxygen atoms in total. The molecule has 1 heterocycles. The number of aromatic nitrogens is 1. The molecule has 0 aliphatic heterocycles. The number of amides is 1. The van der Waals surface area contributed by atoms with Crippen LogP contribution in [0.3, 0.4) is 0 Å². The lowest BCUT2D eigenvalue weighted by molar-refractivity contribution is 0.190. The van der Waals surface area contributed by atoms with Gasteiger partial charge in [0.2, 0.25) is 0 Å². The molecule has 0 aliphatic rings. The maximum absolute atomic E-state index is 11.5. The fourth-order valence-electron chi connectivity index (χ4n) is 1.05. The minimum Gasteiger partial charge on any atom is -0.408 e. The number of ether oxygens (including phenoxy) is 1. The summed E-state index contributed by atoms with van der Waals surface area (Å²) in [6, 6.07) is 1.64. The fourth-order valence-corrected chi connectivity index (χ4v) is 1.26. The number of carbonyl (C=O) groups is 1. The molecule has 0 bridgehead atoms. The van der Waals surface area contributed by atoms with E-state index in [0.29, 0.717) is 10.9 Å². The van der Waals surface area contributed by atoms with Gasteiger partial charge in [0.15, 0.2) is 5.75 Å². The van der Waals surface area contributed by atoms with Crippen LogP contribution in [-0.2, 0) is 0 Å². The summed E-state index contributed by atoms with van der Waals surface area (Å²) in [4.78, 5) is 15.3. The summed E-state index contributed by atoms with van der Waals surface area (Å²) >= 11 is 5.69. The Bertz CT molecular complexity index is 399. The first-order valence-electron chi connectivity index (χ1n) is 4.90. The number of hydrogen-bond donors (Lipinski definition) is 1. The van der Waals surface area contributed by atoms with Crippen molar-refractivity contribution in [3.63, 3.8) is 0 Å². The van der Waals surface area contributed by atoms with Crippen LogP contribution < -0.4 is 10.1 Å². The number of pyridine rings is 1. The molecular weight excluding hydrogens is 228 g/mol. The zero-order valence-electron chi connectivity index (χ0n) is 9.80. The molecule has 5 heteroatoms. The second kappa shape index (κ2) is 4.70. The quantitative estimate of drug-likeness (QED) is 0.771. The predicted molar refractivity (Wildman–Crippen MR) is 62.9 cm³/mol. The molecule has 1 rings (SSSR count). The van der Waals surface area contributed by atoms with E-state index in [1.807, 2.05) is 20.8 Å². The summed E-state index contributed by atoms with van der Waals surface area (Å²) in [6.07, 6.45) is 0.930. The van der Waals surface area contributed by atoms with Gasteiger partial charge in [0.05, 0.1) is 6.20 Å². The topological polar surface area (TPSA) is 51.2 Å². The van der Waals surface area contributed by atoms with Gasteiger partial charge in [-0.25, -0.2) is 9.78 Å². The lowest BCUT2D eigenvalue weighted by atomic mass is 10.1. The summed E-state index contributed by atoms with van der Waals surface area (Å²) in [5, 5.41) is 3.06. The van der Waals surface area contributed by atoms with E-state index in [0.717, 1.165) is 5.56 Å². The highest BCUT2D eigenvalue weighted by atomic mass is 35.5. The molecule has 0 spiro atoms. The van der Waals surface area contributed by atoms with Crippen molar-refractivity contribution in [1.82, 2.24) is 10.3 Å². The van der Waals surface area contributed by atoms with Crippen molar-refractivity contribution in [3.8, 4) is 5.75 Å². The summed E-state index contributed by atoms with van der Waals surface area (Å²) in [5.74, 6) is 0.408. The SMILES string of the molecule is Cc1cc(Cl)ncc1OC(=O)NC(C)(C)C. The van der Waals surface area contributed by atoms with Crippen molar-refractivity contribution in [2.24, 2.45) is 0 Å². The third kappa shape index (κ3) is 4.06. The van der Waals surface area contributed by atoms with Crippen molar-refractivity contribution in [1.29, 1.82) is 0 Å². The molecule has 0 aliphatic carbocycles. The minimum absolute atomic E-state index is 0.329. The van der Waals surface area contributed by atoms with Crippen molar-refractivity contribution in [2.45, 2.75) is 33.2 Å². The van der Waals surface area contributed by atoms with E-state index in [1.54, 1.807) is 13.0 Å². The Morgan fingerprint density at radius 1 is 1.50 bits per heavy atom. The van der Waals surface area contributed by atoms with Crippen molar-refractivity contribution < 1.29 is 9.53 Å². The predicted octanol–water partition coefficient (Wildman–Crippen LogP) is 2.93. The number of aryl methyl sites for hydroxylation is 1. The van der Waals surface area contributed by atoms with Crippen LogP contribution in [0.1, 0.15) is 26.3 Å². The van der Waals surface area contributed by atoms with Gasteiger partial charge in [0, 0.05) is 5.54 Å². The van der Waals surface area contributed by atoms with Crippen molar-refractivity contribution in [3.05, 3.63) is 23.0 Å². The molecule has 1 amide bonds. The lowest BCUT2D eigenvalue weighted by Gasteiger charge is -2.20. The summed E-state index contributed by atoms with van der Waals surface area (Å²) < 4.78 is 5.10. The summed E-state index contributed by atoms with van der Waals surface area (Å²) in [5.41, 5.74) is 0.439. The molecular formula is C11H15ClN2O2. The molecule has 88 valence electrons. The number of nitrogens with zero attached hydrogens (tertiary/aromatic N) is 1. The van der Waals surface area contributed by atoms with Gasteiger partial charge in [-0.1, -0.05) is 11.6 Å². The largest absolute Gasteiger partial charge is 0.413 e. The van der Waals surface area contributed by atoms with Gasteiger partial charge in [-0.2, -0.15) is 0 Å². The van der Waals surface area contributed by atoms with Gasteiger partial charge in [-0.3, -0.25) is 0 Å². The average Bonchev–Trinajstić information content (AvgIpc) is 2.06. The highest BCUT2D eigenvalue weighted by molar-refractivity contribution is 6.29. The fraction of sp³-hybridized carbons (Fsp3) is 0.455. The van der Waals surface area contributed by atoms with Gasteiger partial charge in [-0.15, -0.1) is 0 Å². The van der Waals surface area contributed by atoms with Gasteiger partial charge < -0.3 is 10.1 Å². The first kappa shape index (κ1) is 12.8. The van der Waals surface area contributed by atoms with E-state index >= 15 is 0 Å². The van der Waals surface area contributed by atoms with Gasteiger partial charge in [-0.05, 0) is 39.3 Å². The first-order valence-corrected chi connectivity index (χ1v) is 5.28. The molecule has 1 aromatic heterocycles. The zero-order chi connectivity index (χ0) is 12.3. The molecule has 0 unspecified atom stereocenters. The van der Waals surface area contributed by atoms with E-state index in [9.17, 15) is 4.79 Å². The maximum atomic E-state index is 11.5. The second-order valence-corrected chi connectivity index (χ2v) is 4.92. The van der Waals surface area contributed by atoms with Gasteiger partial charge >= 0.3 is 6.09 Å². The molecule has 1 aromatic rings. The molecule has 0 radical (unpaired) electrons. The summed E-state index contributed by atoms with van der Waals surface area (Å²) in [7, 11) is 0. The van der Waals surface area contributed by atoms with Crippen LogP contribution in [0.15, 0.2) is 12.3 Å². The molecule has 0 atom stereocenters.